The van der Waals surface area contributed by atoms with E-state index in [1.807, 2.05) is 6.07 Å². The van der Waals surface area contributed by atoms with E-state index in [2.05, 4.69) is 9.97 Å². The van der Waals surface area contributed by atoms with E-state index in [4.69, 9.17) is 15.1 Å². The van der Waals surface area contributed by atoms with Gasteiger partial charge in [0, 0.05) is 12.4 Å². The summed E-state index contributed by atoms with van der Waals surface area (Å²) in [4.78, 5) is 18.5. The standard InChI is InChI=1S/C12H7N3O3/c13-7-8-3-1-6-15-11(8)18-9-4-2-5-14-10(9)12(16)17/h1-6H,(H,16,17). The highest BCUT2D eigenvalue weighted by Gasteiger charge is 2.14. The van der Waals surface area contributed by atoms with E-state index >= 15 is 0 Å². The Morgan fingerprint density at radius 2 is 2.00 bits per heavy atom. The smallest absolute Gasteiger partial charge is 0.358 e. The first kappa shape index (κ1) is 11.5. The number of nitrogens with zero attached hydrogens (tertiary/aromatic N) is 3. The lowest BCUT2D eigenvalue weighted by molar-refractivity contribution is 0.0687. The predicted molar refractivity (Wildman–Crippen MR) is 60.2 cm³/mol. The van der Waals surface area contributed by atoms with Gasteiger partial charge in [0.15, 0.2) is 11.4 Å². The van der Waals surface area contributed by atoms with Crippen molar-refractivity contribution >= 4 is 5.97 Å². The number of carbonyl (C=O) groups is 1. The molecule has 0 atom stereocenters. The molecule has 0 aliphatic carbocycles. The van der Waals surface area contributed by atoms with Gasteiger partial charge >= 0.3 is 5.97 Å². The van der Waals surface area contributed by atoms with Crippen molar-refractivity contribution in [3.05, 3.63) is 47.9 Å². The molecule has 1 N–H and O–H groups in total. The first-order valence-corrected chi connectivity index (χ1v) is 4.93. The fraction of sp³-hybridized carbons (Fsp3) is 0. The number of ether oxygens (including phenoxy) is 1. The number of aromatic carboxylic acids is 1. The molecule has 0 radical (unpaired) electrons. The van der Waals surface area contributed by atoms with Gasteiger partial charge in [0.2, 0.25) is 5.88 Å². The number of nitriles is 1. The Morgan fingerprint density at radius 1 is 1.28 bits per heavy atom. The molecule has 0 bridgehead atoms. The molecule has 0 amide bonds. The topological polar surface area (TPSA) is 96.1 Å². The molecule has 0 saturated carbocycles. The van der Waals surface area contributed by atoms with Gasteiger partial charge < -0.3 is 9.84 Å². The summed E-state index contributed by atoms with van der Waals surface area (Å²) in [5, 5.41) is 17.8. The highest BCUT2D eigenvalue weighted by atomic mass is 16.5. The van der Waals surface area contributed by atoms with E-state index in [1.165, 1.54) is 30.6 Å². The summed E-state index contributed by atoms with van der Waals surface area (Å²) in [5.41, 5.74) is -0.00950. The summed E-state index contributed by atoms with van der Waals surface area (Å²) in [5.74, 6) is -1.12. The number of rotatable bonds is 3. The Balaban J connectivity index is 2.41. The molecule has 2 aromatic rings. The Labute approximate surface area is 102 Å². The minimum atomic E-state index is -1.21. The van der Waals surface area contributed by atoms with Crippen molar-refractivity contribution in [3.63, 3.8) is 0 Å². The van der Waals surface area contributed by atoms with E-state index in [1.54, 1.807) is 6.07 Å². The van der Waals surface area contributed by atoms with Crippen molar-refractivity contribution in [1.82, 2.24) is 9.97 Å². The average Bonchev–Trinajstić information content (AvgIpc) is 2.40. The van der Waals surface area contributed by atoms with Crippen LogP contribution in [0.25, 0.3) is 0 Å². The van der Waals surface area contributed by atoms with Crippen molar-refractivity contribution < 1.29 is 14.6 Å². The lowest BCUT2D eigenvalue weighted by Gasteiger charge is -2.07. The number of carboxylic acid groups (broad SMARTS) is 1. The molecule has 0 saturated heterocycles. The van der Waals surface area contributed by atoms with Crippen LogP contribution in [0.3, 0.4) is 0 Å². The lowest BCUT2D eigenvalue weighted by Crippen LogP contribution is -2.03. The number of hydrogen-bond acceptors (Lipinski definition) is 5. The van der Waals surface area contributed by atoms with E-state index in [0.29, 0.717) is 0 Å². The monoisotopic (exact) mass is 241 g/mol. The minimum Gasteiger partial charge on any atom is -0.476 e. The summed E-state index contributed by atoms with van der Waals surface area (Å²) < 4.78 is 5.32. The zero-order chi connectivity index (χ0) is 13.0. The molecule has 6 heteroatoms. The van der Waals surface area contributed by atoms with Crippen LogP contribution in [0.15, 0.2) is 36.7 Å². The normalized spacial score (nSPS) is 9.50. The highest BCUT2D eigenvalue weighted by molar-refractivity contribution is 5.88. The Hall–Kier alpha value is -2.94. The quantitative estimate of drug-likeness (QED) is 0.880. The Bertz CT molecular complexity index is 634. The van der Waals surface area contributed by atoms with E-state index in [0.717, 1.165) is 0 Å². The van der Waals surface area contributed by atoms with Crippen LogP contribution in [0.5, 0.6) is 11.6 Å². The molecule has 0 aromatic carbocycles. The van der Waals surface area contributed by atoms with Gasteiger partial charge in [0.05, 0.1) is 0 Å². The second-order valence-corrected chi connectivity index (χ2v) is 3.23. The molecule has 18 heavy (non-hydrogen) atoms. The molecular formula is C12H7N3O3. The van der Waals surface area contributed by atoms with Crippen molar-refractivity contribution in [1.29, 1.82) is 5.26 Å². The molecule has 6 nitrogen and oxygen atoms in total. The molecule has 0 aliphatic rings. The van der Waals surface area contributed by atoms with Gasteiger partial charge in [0.1, 0.15) is 11.6 Å². The van der Waals surface area contributed by atoms with Crippen LogP contribution in [-0.4, -0.2) is 21.0 Å². The number of pyridine rings is 2. The zero-order valence-electron chi connectivity index (χ0n) is 9.07. The summed E-state index contributed by atoms with van der Waals surface area (Å²) >= 11 is 0. The third-order valence-corrected chi connectivity index (χ3v) is 2.07. The van der Waals surface area contributed by atoms with Crippen LogP contribution in [0, 0.1) is 11.3 Å². The van der Waals surface area contributed by atoms with Crippen LogP contribution in [0.2, 0.25) is 0 Å². The Morgan fingerprint density at radius 3 is 2.72 bits per heavy atom. The number of carboxylic acids is 1. The van der Waals surface area contributed by atoms with Gasteiger partial charge in [-0.2, -0.15) is 5.26 Å². The van der Waals surface area contributed by atoms with Gasteiger partial charge in [-0.1, -0.05) is 0 Å². The maximum absolute atomic E-state index is 10.9. The summed E-state index contributed by atoms with van der Waals surface area (Å²) in [7, 11) is 0. The van der Waals surface area contributed by atoms with E-state index in [9.17, 15) is 4.79 Å². The van der Waals surface area contributed by atoms with Crippen LogP contribution < -0.4 is 4.74 Å². The Kier molecular flexibility index (Phi) is 3.16. The summed E-state index contributed by atoms with van der Waals surface area (Å²) in [6.45, 7) is 0. The van der Waals surface area contributed by atoms with Gasteiger partial charge in [-0.25, -0.2) is 14.8 Å². The third kappa shape index (κ3) is 2.25. The molecule has 2 heterocycles. The zero-order valence-corrected chi connectivity index (χ0v) is 9.07. The molecule has 0 unspecified atom stereocenters. The van der Waals surface area contributed by atoms with Crippen molar-refractivity contribution in [3.8, 4) is 17.7 Å². The molecule has 0 fully saturated rings. The maximum atomic E-state index is 10.9. The number of hydrogen-bond donors (Lipinski definition) is 1. The van der Waals surface area contributed by atoms with Crippen LogP contribution in [0.4, 0.5) is 0 Å². The fourth-order valence-corrected chi connectivity index (χ4v) is 1.29. The van der Waals surface area contributed by atoms with Crippen LogP contribution in [0.1, 0.15) is 16.1 Å². The molecule has 2 aromatic heterocycles. The van der Waals surface area contributed by atoms with Crippen LogP contribution >= 0.6 is 0 Å². The van der Waals surface area contributed by atoms with E-state index in [-0.39, 0.29) is 22.9 Å². The first-order valence-electron chi connectivity index (χ1n) is 4.93. The largest absolute Gasteiger partial charge is 0.476 e. The second-order valence-electron chi connectivity index (χ2n) is 3.23. The van der Waals surface area contributed by atoms with Crippen molar-refractivity contribution in [2.45, 2.75) is 0 Å². The lowest BCUT2D eigenvalue weighted by atomic mass is 10.3. The maximum Gasteiger partial charge on any atom is 0.358 e. The predicted octanol–water partition coefficient (Wildman–Crippen LogP) is 1.84. The van der Waals surface area contributed by atoms with Crippen molar-refractivity contribution in [2.24, 2.45) is 0 Å². The second kappa shape index (κ2) is 4.93. The van der Waals surface area contributed by atoms with Gasteiger partial charge in [-0.05, 0) is 24.3 Å². The summed E-state index contributed by atoms with van der Waals surface area (Å²) in [6.07, 6.45) is 2.80. The average molecular weight is 241 g/mol. The summed E-state index contributed by atoms with van der Waals surface area (Å²) in [6, 6.07) is 8.02. The fourth-order valence-electron chi connectivity index (χ4n) is 1.29. The van der Waals surface area contributed by atoms with Gasteiger partial charge in [-0.15, -0.1) is 0 Å². The van der Waals surface area contributed by atoms with Crippen LogP contribution in [-0.2, 0) is 0 Å². The molecule has 0 spiro atoms. The van der Waals surface area contributed by atoms with Gasteiger partial charge in [0.25, 0.3) is 0 Å². The molecule has 2 rings (SSSR count). The van der Waals surface area contributed by atoms with Gasteiger partial charge in [-0.3, -0.25) is 0 Å². The van der Waals surface area contributed by atoms with E-state index < -0.39 is 5.97 Å². The number of aromatic nitrogens is 2. The molecular weight excluding hydrogens is 234 g/mol. The minimum absolute atomic E-state index is 0.0419. The highest BCUT2D eigenvalue weighted by Crippen LogP contribution is 2.24. The molecule has 88 valence electrons. The molecule has 0 aliphatic heterocycles. The third-order valence-electron chi connectivity index (χ3n) is 2.07. The first-order chi connectivity index (χ1) is 8.72. The van der Waals surface area contributed by atoms with Crippen molar-refractivity contribution in [2.75, 3.05) is 0 Å². The SMILES string of the molecule is N#Cc1cccnc1Oc1cccnc1C(=O)O.